The Morgan fingerprint density at radius 2 is 2.17 bits per heavy atom. The van der Waals surface area contributed by atoms with Gasteiger partial charge in [-0.15, -0.1) is 11.3 Å². The van der Waals surface area contributed by atoms with Crippen LogP contribution in [0.25, 0.3) is 10.2 Å². The molecule has 0 unspecified atom stereocenters. The minimum atomic E-state index is -1.05. The molecule has 2 aromatic heterocycles. The van der Waals surface area contributed by atoms with Crippen LogP contribution in [0.1, 0.15) is 13.3 Å². The molecule has 2 aromatic rings. The van der Waals surface area contributed by atoms with Gasteiger partial charge in [-0.2, -0.15) is 0 Å². The quantitative estimate of drug-likeness (QED) is 0.618. The second-order valence-electron chi connectivity index (χ2n) is 5.86. The van der Waals surface area contributed by atoms with E-state index in [1.165, 1.54) is 6.92 Å². The van der Waals surface area contributed by atoms with Gasteiger partial charge in [0.05, 0.1) is 16.8 Å². The van der Waals surface area contributed by atoms with E-state index in [0.29, 0.717) is 6.61 Å². The van der Waals surface area contributed by atoms with Crippen LogP contribution in [0.15, 0.2) is 17.8 Å². The summed E-state index contributed by atoms with van der Waals surface area (Å²) in [4.78, 5) is 24.6. The fourth-order valence-corrected chi connectivity index (χ4v) is 3.63. The van der Waals surface area contributed by atoms with Crippen LogP contribution in [0.2, 0.25) is 0 Å². The number of hydrogen-bond donors (Lipinski definition) is 1. The van der Waals surface area contributed by atoms with Crippen molar-refractivity contribution < 1.29 is 14.6 Å². The van der Waals surface area contributed by atoms with E-state index in [-0.39, 0.29) is 0 Å². The molecule has 0 spiro atoms. The first-order valence-corrected chi connectivity index (χ1v) is 9.03. The van der Waals surface area contributed by atoms with Gasteiger partial charge in [0, 0.05) is 32.7 Å². The zero-order chi connectivity index (χ0) is 16.9. The summed E-state index contributed by atoms with van der Waals surface area (Å²) >= 11 is 1.68. The van der Waals surface area contributed by atoms with Gasteiger partial charge in [-0.05, 0) is 24.8 Å². The van der Waals surface area contributed by atoms with E-state index in [0.717, 1.165) is 55.2 Å². The number of rotatable bonds is 6. The summed E-state index contributed by atoms with van der Waals surface area (Å²) < 4.78 is 6.13. The van der Waals surface area contributed by atoms with E-state index in [9.17, 15) is 4.79 Å². The molecule has 130 valence electrons. The van der Waals surface area contributed by atoms with E-state index in [2.05, 4.69) is 19.8 Å². The van der Waals surface area contributed by atoms with Gasteiger partial charge in [0.15, 0.2) is 0 Å². The van der Waals surface area contributed by atoms with Gasteiger partial charge in [-0.1, -0.05) is 0 Å². The first-order valence-electron chi connectivity index (χ1n) is 8.15. The monoisotopic (exact) mass is 350 g/mol. The van der Waals surface area contributed by atoms with Crippen LogP contribution in [0.5, 0.6) is 0 Å². The molecule has 0 amide bonds. The highest BCUT2D eigenvalue weighted by atomic mass is 32.1. The van der Waals surface area contributed by atoms with Crippen LogP contribution in [0.4, 0.5) is 5.82 Å². The summed E-state index contributed by atoms with van der Waals surface area (Å²) in [5, 5.41) is 11.1. The lowest BCUT2D eigenvalue weighted by Gasteiger charge is -2.35. The second-order valence-corrected chi connectivity index (χ2v) is 6.77. The van der Waals surface area contributed by atoms with Gasteiger partial charge in [-0.25, -0.2) is 14.8 Å². The van der Waals surface area contributed by atoms with Crippen LogP contribution in [0, 0.1) is 0 Å². The predicted octanol–water partition coefficient (Wildman–Crippen LogP) is 1.13. The normalized spacial score (nSPS) is 17.2. The van der Waals surface area contributed by atoms with Crippen LogP contribution in [-0.2, 0) is 9.53 Å². The third kappa shape index (κ3) is 4.00. The van der Waals surface area contributed by atoms with Crippen LogP contribution in [-0.4, -0.2) is 71.4 Å². The van der Waals surface area contributed by atoms with Crippen molar-refractivity contribution in [3.63, 3.8) is 0 Å². The maximum absolute atomic E-state index is 11.2. The highest BCUT2D eigenvalue weighted by molar-refractivity contribution is 7.17. The summed E-state index contributed by atoms with van der Waals surface area (Å²) in [6.45, 7) is 6.43. The molecule has 0 aliphatic carbocycles. The zero-order valence-corrected chi connectivity index (χ0v) is 14.5. The standard InChI is InChI=1S/C16H22N4O3S/c1-12(21)16(22)23-9-2-4-19-5-7-20(8-6-19)15-14-13(3-10-24-14)17-11-18-15/h3,10-12,21H,2,4-9H2,1H3/t12-/m0/s1. The number of aliphatic hydroxyl groups is 1. The number of aromatic nitrogens is 2. The van der Waals surface area contributed by atoms with Gasteiger partial charge in [0.1, 0.15) is 18.2 Å². The number of piperazine rings is 1. The number of anilines is 1. The highest BCUT2D eigenvalue weighted by Gasteiger charge is 2.20. The van der Waals surface area contributed by atoms with Crippen molar-refractivity contribution in [2.45, 2.75) is 19.4 Å². The summed E-state index contributed by atoms with van der Waals surface area (Å²) in [5.74, 6) is 0.476. The van der Waals surface area contributed by atoms with Crippen molar-refractivity contribution in [1.29, 1.82) is 0 Å². The molecule has 1 aliphatic heterocycles. The van der Waals surface area contributed by atoms with E-state index in [4.69, 9.17) is 9.84 Å². The molecule has 0 radical (unpaired) electrons. The molecule has 24 heavy (non-hydrogen) atoms. The van der Waals surface area contributed by atoms with E-state index >= 15 is 0 Å². The minimum absolute atomic E-state index is 0.353. The average Bonchev–Trinajstić information content (AvgIpc) is 3.07. The predicted molar refractivity (Wildman–Crippen MR) is 93.3 cm³/mol. The molecular weight excluding hydrogens is 328 g/mol. The SMILES string of the molecule is C[C@H](O)C(=O)OCCCN1CCN(c2ncnc3ccsc23)CC1. The largest absolute Gasteiger partial charge is 0.464 e. The third-order valence-corrected chi connectivity index (χ3v) is 5.00. The highest BCUT2D eigenvalue weighted by Crippen LogP contribution is 2.28. The van der Waals surface area contributed by atoms with Crippen molar-refractivity contribution in [3.05, 3.63) is 17.8 Å². The number of carbonyl (C=O) groups is 1. The first kappa shape index (κ1) is 17.1. The maximum atomic E-state index is 11.2. The molecule has 3 rings (SSSR count). The van der Waals surface area contributed by atoms with Gasteiger partial charge in [0.25, 0.3) is 0 Å². The Bertz CT molecular complexity index is 683. The molecule has 0 saturated carbocycles. The number of thiophene rings is 1. The van der Waals surface area contributed by atoms with Crippen LogP contribution in [0.3, 0.4) is 0 Å². The van der Waals surface area contributed by atoms with E-state index in [1.807, 2.05) is 11.4 Å². The molecule has 0 aromatic carbocycles. The van der Waals surface area contributed by atoms with Gasteiger partial charge >= 0.3 is 5.97 Å². The number of esters is 1. The Labute approximate surface area is 144 Å². The van der Waals surface area contributed by atoms with Crippen molar-refractivity contribution in [3.8, 4) is 0 Å². The minimum Gasteiger partial charge on any atom is -0.464 e. The van der Waals surface area contributed by atoms with Crippen LogP contribution >= 0.6 is 11.3 Å². The lowest BCUT2D eigenvalue weighted by atomic mass is 10.3. The van der Waals surface area contributed by atoms with Crippen LogP contribution < -0.4 is 4.90 Å². The Morgan fingerprint density at radius 1 is 1.38 bits per heavy atom. The fraction of sp³-hybridized carbons (Fsp3) is 0.562. The Hall–Kier alpha value is -1.77. The topological polar surface area (TPSA) is 78.8 Å². The second kappa shape index (κ2) is 7.87. The van der Waals surface area contributed by atoms with Gasteiger partial charge in [-0.3, -0.25) is 4.90 Å². The molecule has 1 fully saturated rings. The van der Waals surface area contributed by atoms with E-state index < -0.39 is 12.1 Å². The summed E-state index contributed by atoms with van der Waals surface area (Å²) in [5.41, 5.74) is 1.01. The zero-order valence-electron chi connectivity index (χ0n) is 13.7. The lowest BCUT2D eigenvalue weighted by molar-refractivity contribution is -0.152. The molecule has 1 atom stereocenters. The Kier molecular flexibility index (Phi) is 5.60. The van der Waals surface area contributed by atoms with Crippen molar-refractivity contribution in [1.82, 2.24) is 14.9 Å². The van der Waals surface area contributed by atoms with E-state index in [1.54, 1.807) is 17.7 Å². The Balaban J connectivity index is 1.44. The maximum Gasteiger partial charge on any atom is 0.334 e. The summed E-state index contributed by atoms with van der Waals surface area (Å²) in [7, 11) is 0. The molecule has 8 heteroatoms. The molecule has 1 N–H and O–H groups in total. The number of hydrogen-bond acceptors (Lipinski definition) is 8. The molecule has 7 nitrogen and oxygen atoms in total. The molecule has 0 bridgehead atoms. The lowest BCUT2D eigenvalue weighted by Crippen LogP contribution is -2.47. The number of nitrogens with zero attached hydrogens (tertiary/aromatic N) is 4. The number of aliphatic hydroxyl groups excluding tert-OH is 1. The number of carbonyl (C=O) groups excluding carboxylic acids is 1. The average molecular weight is 350 g/mol. The number of fused-ring (bicyclic) bond motifs is 1. The Morgan fingerprint density at radius 3 is 2.92 bits per heavy atom. The smallest absolute Gasteiger partial charge is 0.334 e. The van der Waals surface area contributed by atoms with Crippen molar-refractivity contribution in [2.75, 3.05) is 44.2 Å². The molecule has 1 aliphatic rings. The first-order chi connectivity index (χ1) is 11.6. The summed E-state index contributed by atoms with van der Waals surface area (Å²) in [6.07, 6.45) is 1.37. The van der Waals surface area contributed by atoms with Gasteiger partial charge < -0.3 is 14.7 Å². The molecular formula is C16H22N4O3S. The van der Waals surface area contributed by atoms with Crippen molar-refractivity contribution >= 4 is 33.3 Å². The fourth-order valence-electron chi connectivity index (χ4n) is 2.77. The third-order valence-electron chi connectivity index (χ3n) is 4.10. The molecule has 3 heterocycles. The molecule has 1 saturated heterocycles. The number of ether oxygens (including phenoxy) is 1. The summed E-state index contributed by atoms with van der Waals surface area (Å²) in [6, 6.07) is 2.02. The van der Waals surface area contributed by atoms with Gasteiger partial charge in [0.2, 0.25) is 0 Å². The van der Waals surface area contributed by atoms with Crippen molar-refractivity contribution in [2.24, 2.45) is 0 Å².